The van der Waals surface area contributed by atoms with Crippen molar-refractivity contribution in [3.05, 3.63) is 42.0 Å². The van der Waals surface area contributed by atoms with Crippen LogP contribution in [0.1, 0.15) is 25.3 Å². The maximum absolute atomic E-state index is 11.0. The molecule has 0 saturated carbocycles. The highest BCUT2D eigenvalue weighted by atomic mass is 16.5. The predicted octanol–water partition coefficient (Wildman–Crippen LogP) is 3.04. The molecule has 0 N–H and O–H groups in total. The van der Waals surface area contributed by atoms with Crippen LogP contribution in [-0.2, 0) is 9.53 Å². The molecule has 0 unspecified atom stereocenters. The zero-order valence-corrected chi connectivity index (χ0v) is 8.98. The van der Waals surface area contributed by atoms with Crippen molar-refractivity contribution in [2.75, 3.05) is 6.61 Å². The Labute approximate surface area is 90.6 Å². The van der Waals surface area contributed by atoms with Crippen LogP contribution in [0.5, 0.6) is 0 Å². The Kier molecular flexibility index (Phi) is 5.23. The predicted molar refractivity (Wildman–Crippen MR) is 61.3 cm³/mol. The van der Waals surface area contributed by atoms with E-state index in [-0.39, 0.29) is 5.97 Å². The lowest BCUT2D eigenvalue weighted by Gasteiger charge is -1.98. The van der Waals surface area contributed by atoms with Gasteiger partial charge >= 0.3 is 5.97 Å². The Morgan fingerprint density at radius 2 is 2.07 bits per heavy atom. The van der Waals surface area contributed by atoms with E-state index >= 15 is 0 Å². The van der Waals surface area contributed by atoms with Crippen LogP contribution >= 0.6 is 0 Å². The molecule has 0 saturated heterocycles. The molecule has 80 valence electrons. The van der Waals surface area contributed by atoms with Gasteiger partial charge in [0.25, 0.3) is 0 Å². The lowest BCUT2D eigenvalue weighted by atomic mass is 10.2. The molecule has 0 fully saturated rings. The minimum Gasteiger partial charge on any atom is -0.466 e. The third-order valence-electron chi connectivity index (χ3n) is 1.93. The van der Waals surface area contributed by atoms with E-state index in [0.717, 1.165) is 12.0 Å². The third kappa shape index (κ3) is 5.01. The van der Waals surface area contributed by atoms with Crippen molar-refractivity contribution < 1.29 is 9.53 Å². The largest absolute Gasteiger partial charge is 0.466 e. The molecule has 0 amide bonds. The number of carbonyl (C=O) groups excluding carboxylic acids is 1. The molecule has 0 atom stereocenters. The highest BCUT2D eigenvalue weighted by Gasteiger charge is 1.97. The van der Waals surface area contributed by atoms with Crippen LogP contribution in [0.25, 0.3) is 6.08 Å². The second kappa shape index (κ2) is 6.82. The van der Waals surface area contributed by atoms with E-state index in [1.165, 1.54) is 0 Å². The first kappa shape index (κ1) is 11.5. The summed E-state index contributed by atoms with van der Waals surface area (Å²) in [5, 5.41) is 0. The average molecular weight is 204 g/mol. The molecule has 0 radical (unpaired) electrons. The van der Waals surface area contributed by atoms with Crippen molar-refractivity contribution in [2.24, 2.45) is 0 Å². The maximum atomic E-state index is 11.0. The zero-order valence-electron chi connectivity index (χ0n) is 8.98. The maximum Gasteiger partial charge on any atom is 0.306 e. The van der Waals surface area contributed by atoms with Gasteiger partial charge in [0.05, 0.1) is 6.61 Å². The van der Waals surface area contributed by atoms with Gasteiger partial charge in [0.2, 0.25) is 0 Å². The van der Waals surface area contributed by atoms with Crippen LogP contribution in [0.3, 0.4) is 0 Å². The number of allylic oxidation sites excluding steroid dienone is 1. The molecule has 1 aromatic rings. The van der Waals surface area contributed by atoms with Crippen LogP contribution in [0.4, 0.5) is 0 Å². The summed E-state index contributed by atoms with van der Waals surface area (Å²) >= 11 is 0. The summed E-state index contributed by atoms with van der Waals surface area (Å²) in [5.74, 6) is -0.129. The van der Waals surface area contributed by atoms with Gasteiger partial charge < -0.3 is 4.74 Å². The monoisotopic (exact) mass is 204 g/mol. The quantitative estimate of drug-likeness (QED) is 0.689. The Morgan fingerprint density at radius 3 is 2.73 bits per heavy atom. The van der Waals surface area contributed by atoms with Crippen molar-refractivity contribution in [3.63, 3.8) is 0 Å². The highest BCUT2D eigenvalue weighted by Crippen LogP contribution is 2.03. The van der Waals surface area contributed by atoms with Crippen LogP contribution in [-0.4, -0.2) is 12.6 Å². The van der Waals surface area contributed by atoms with E-state index in [1.807, 2.05) is 49.4 Å². The highest BCUT2D eigenvalue weighted by molar-refractivity contribution is 5.69. The number of rotatable bonds is 5. The Morgan fingerprint density at radius 1 is 1.33 bits per heavy atom. The van der Waals surface area contributed by atoms with Gasteiger partial charge in [0.1, 0.15) is 0 Å². The summed E-state index contributed by atoms with van der Waals surface area (Å²) in [6, 6.07) is 10.0. The van der Waals surface area contributed by atoms with E-state index in [4.69, 9.17) is 4.74 Å². The molecule has 0 aliphatic carbocycles. The second-order valence-electron chi connectivity index (χ2n) is 3.16. The number of benzene rings is 1. The van der Waals surface area contributed by atoms with E-state index in [0.29, 0.717) is 13.0 Å². The molecule has 0 bridgehead atoms. The molecule has 0 aromatic heterocycles. The van der Waals surface area contributed by atoms with E-state index < -0.39 is 0 Å². The second-order valence-corrected chi connectivity index (χ2v) is 3.16. The minimum atomic E-state index is -0.129. The average Bonchev–Trinajstić information content (AvgIpc) is 2.26. The Bertz CT molecular complexity index is 315. The normalized spacial score (nSPS) is 10.5. The van der Waals surface area contributed by atoms with Crippen LogP contribution in [0.2, 0.25) is 0 Å². The van der Waals surface area contributed by atoms with Crippen molar-refractivity contribution in [1.82, 2.24) is 0 Å². The third-order valence-corrected chi connectivity index (χ3v) is 1.93. The summed E-state index contributed by atoms with van der Waals surface area (Å²) in [5.41, 5.74) is 1.15. The van der Waals surface area contributed by atoms with Gasteiger partial charge in [0.15, 0.2) is 0 Å². The molecule has 0 aliphatic rings. The van der Waals surface area contributed by atoms with E-state index in [2.05, 4.69) is 0 Å². The summed E-state index contributed by atoms with van der Waals surface area (Å²) in [7, 11) is 0. The topological polar surface area (TPSA) is 26.3 Å². The number of esters is 1. The van der Waals surface area contributed by atoms with Gasteiger partial charge in [-0.15, -0.1) is 0 Å². The van der Waals surface area contributed by atoms with Gasteiger partial charge in [-0.25, -0.2) is 0 Å². The molecule has 0 heterocycles. The fourth-order valence-corrected chi connectivity index (χ4v) is 1.22. The number of hydrogen-bond donors (Lipinski definition) is 0. The molecular formula is C13H16O2. The molecule has 15 heavy (non-hydrogen) atoms. The lowest BCUT2D eigenvalue weighted by Crippen LogP contribution is -2.02. The first-order valence-corrected chi connectivity index (χ1v) is 5.20. The summed E-state index contributed by atoms with van der Waals surface area (Å²) in [6.45, 7) is 2.28. The molecule has 1 aromatic carbocycles. The molecule has 1 rings (SSSR count). The first-order valence-electron chi connectivity index (χ1n) is 5.20. The van der Waals surface area contributed by atoms with Crippen molar-refractivity contribution in [2.45, 2.75) is 19.8 Å². The molecule has 2 heteroatoms. The Hall–Kier alpha value is -1.57. The lowest BCUT2D eigenvalue weighted by molar-refractivity contribution is -0.142. The van der Waals surface area contributed by atoms with Gasteiger partial charge in [-0.3, -0.25) is 4.79 Å². The smallest absolute Gasteiger partial charge is 0.306 e. The number of ether oxygens (including phenoxy) is 1. The molecule has 2 nitrogen and oxygen atoms in total. The van der Waals surface area contributed by atoms with Gasteiger partial charge in [-0.05, 0) is 18.9 Å². The van der Waals surface area contributed by atoms with Crippen molar-refractivity contribution in [1.29, 1.82) is 0 Å². The standard InChI is InChI=1S/C13H16O2/c1-2-15-13(14)11-7-6-10-12-8-4-3-5-9-12/h3-6,8-10H,2,7,11H2,1H3/b10-6-. The zero-order chi connectivity index (χ0) is 10.9. The summed E-state index contributed by atoms with van der Waals surface area (Å²) in [6.07, 6.45) is 5.19. The van der Waals surface area contributed by atoms with Crippen LogP contribution < -0.4 is 0 Å². The van der Waals surface area contributed by atoms with E-state index in [1.54, 1.807) is 0 Å². The molecule has 0 spiro atoms. The van der Waals surface area contributed by atoms with E-state index in [9.17, 15) is 4.79 Å². The number of hydrogen-bond acceptors (Lipinski definition) is 2. The SMILES string of the molecule is CCOC(=O)CC/C=C\c1ccccc1. The number of carbonyl (C=O) groups is 1. The van der Waals surface area contributed by atoms with Crippen molar-refractivity contribution in [3.8, 4) is 0 Å². The van der Waals surface area contributed by atoms with Crippen LogP contribution in [0.15, 0.2) is 36.4 Å². The molecular weight excluding hydrogens is 188 g/mol. The fourth-order valence-electron chi connectivity index (χ4n) is 1.22. The Balaban J connectivity index is 2.26. The van der Waals surface area contributed by atoms with Gasteiger partial charge in [-0.2, -0.15) is 0 Å². The minimum absolute atomic E-state index is 0.129. The summed E-state index contributed by atoms with van der Waals surface area (Å²) in [4.78, 5) is 11.0. The van der Waals surface area contributed by atoms with Crippen LogP contribution in [0, 0.1) is 0 Å². The molecule has 0 aliphatic heterocycles. The van der Waals surface area contributed by atoms with Crippen molar-refractivity contribution >= 4 is 12.0 Å². The van der Waals surface area contributed by atoms with Gasteiger partial charge in [0, 0.05) is 6.42 Å². The van der Waals surface area contributed by atoms with Gasteiger partial charge in [-0.1, -0.05) is 42.5 Å². The summed E-state index contributed by atoms with van der Waals surface area (Å²) < 4.78 is 4.82. The first-order chi connectivity index (χ1) is 7.33. The fraction of sp³-hybridized carbons (Fsp3) is 0.308.